The minimum Gasteiger partial charge on any atom is -0.378 e. The molecule has 0 amide bonds. The molecule has 0 radical (unpaired) electrons. The number of hydrogen-bond donors (Lipinski definition) is 1. The van der Waals surface area contributed by atoms with E-state index in [0.717, 1.165) is 6.61 Å². The van der Waals surface area contributed by atoms with E-state index in [1.165, 1.54) is 25.7 Å². The molecule has 0 saturated carbocycles. The lowest BCUT2D eigenvalue weighted by molar-refractivity contribution is -0.415. The highest BCUT2D eigenvalue weighted by atomic mass is 16.5. The second-order valence-corrected chi connectivity index (χ2v) is 3.32. The van der Waals surface area contributed by atoms with Gasteiger partial charge in [-0.1, -0.05) is 0 Å². The van der Waals surface area contributed by atoms with E-state index < -0.39 is 0 Å². The van der Waals surface area contributed by atoms with Crippen molar-refractivity contribution in [3.63, 3.8) is 0 Å². The van der Waals surface area contributed by atoms with Gasteiger partial charge < -0.3 is 10.5 Å². The largest absolute Gasteiger partial charge is 0.378 e. The van der Waals surface area contributed by atoms with E-state index in [9.17, 15) is 0 Å². The third-order valence-electron chi connectivity index (χ3n) is 2.01. The van der Waals surface area contributed by atoms with E-state index in [1.807, 2.05) is 0 Å². The van der Waals surface area contributed by atoms with Crippen LogP contribution in [-0.4, -0.2) is 18.8 Å². The van der Waals surface area contributed by atoms with Crippen LogP contribution in [0.4, 0.5) is 0 Å². The Labute approximate surface area is 62.7 Å². The van der Waals surface area contributed by atoms with Gasteiger partial charge in [-0.2, -0.15) is 0 Å². The van der Waals surface area contributed by atoms with Crippen molar-refractivity contribution >= 4 is 0 Å². The van der Waals surface area contributed by atoms with E-state index in [0.29, 0.717) is 12.1 Å². The molecule has 3 N–H and O–H groups in total. The summed E-state index contributed by atoms with van der Waals surface area (Å²) in [5.74, 6) is 0. The molecule has 0 aliphatic carbocycles. The summed E-state index contributed by atoms with van der Waals surface area (Å²) in [5.41, 5.74) is 3.94. The van der Waals surface area contributed by atoms with Gasteiger partial charge in [-0.15, -0.1) is 0 Å². The van der Waals surface area contributed by atoms with Crippen molar-refractivity contribution in [3.8, 4) is 0 Å². The molecule has 2 nitrogen and oxygen atoms in total. The lowest BCUT2D eigenvalue weighted by Crippen LogP contribution is -2.59. The van der Waals surface area contributed by atoms with E-state index in [1.54, 1.807) is 0 Å². The molecule has 2 heteroatoms. The molecular weight excluding hydrogens is 126 g/mol. The first-order chi connectivity index (χ1) is 4.79. The van der Waals surface area contributed by atoms with E-state index in [-0.39, 0.29) is 0 Å². The average Bonchev–Trinajstić information content (AvgIpc) is 2.34. The predicted octanol–water partition coefficient (Wildman–Crippen LogP) is 0.576. The van der Waals surface area contributed by atoms with Gasteiger partial charge in [0.1, 0.15) is 0 Å². The molecule has 1 aliphatic heterocycles. The normalized spacial score (nSPS) is 28.8. The van der Waals surface area contributed by atoms with Gasteiger partial charge in [-0.05, 0) is 26.2 Å². The average molecular weight is 144 g/mol. The van der Waals surface area contributed by atoms with Crippen LogP contribution in [-0.2, 0) is 4.74 Å². The van der Waals surface area contributed by atoms with Gasteiger partial charge in [0.25, 0.3) is 0 Å². The van der Waals surface area contributed by atoms with Crippen molar-refractivity contribution in [2.75, 3.05) is 6.61 Å². The van der Waals surface area contributed by atoms with E-state index in [2.05, 4.69) is 12.7 Å². The summed E-state index contributed by atoms with van der Waals surface area (Å²) < 4.78 is 5.48. The maximum atomic E-state index is 5.48. The summed E-state index contributed by atoms with van der Waals surface area (Å²) in [6.45, 7) is 3.14. The Bertz CT molecular complexity index is 87.3. The first kappa shape index (κ1) is 8.02. The van der Waals surface area contributed by atoms with Crippen molar-refractivity contribution in [1.29, 1.82) is 0 Å². The SMILES string of the molecule is C[C@@H]([NH3+])CC[C@@H]1CCCO1. The summed E-state index contributed by atoms with van der Waals surface area (Å²) in [5, 5.41) is 0. The van der Waals surface area contributed by atoms with Gasteiger partial charge in [0.15, 0.2) is 0 Å². The zero-order valence-electron chi connectivity index (χ0n) is 6.81. The van der Waals surface area contributed by atoms with Crippen molar-refractivity contribution in [2.24, 2.45) is 0 Å². The van der Waals surface area contributed by atoms with Crippen LogP contribution in [0.25, 0.3) is 0 Å². The quantitative estimate of drug-likeness (QED) is 0.618. The van der Waals surface area contributed by atoms with Crippen LogP contribution in [0.5, 0.6) is 0 Å². The zero-order chi connectivity index (χ0) is 7.40. The second-order valence-electron chi connectivity index (χ2n) is 3.32. The molecule has 2 atom stereocenters. The Balaban J connectivity index is 2.01. The third kappa shape index (κ3) is 2.67. The standard InChI is InChI=1S/C8H17NO/c1-7(9)4-5-8-3-2-6-10-8/h7-8H,2-6,9H2,1H3/p+1/t7-,8+/m1/s1. The summed E-state index contributed by atoms with van der Waals surface area (Å²) in [6.07, 6.45) is 5.52. The number of rotatable bonds is 3. The summed E-state index contributed by atoms with van der Waals surface area (Å²) in [7, 11) is 0. The molecule has 1 heterocycles. The van der Waals surface area contributed by atoms with Gasteiger partial charge in [0, 0.05) is 13.0 Å². The predicted molar refractivity (Wildman–Crippen MR) is 40.6 cm³/mol. The minimum atomic E-state index is 0.559. The maximum absolute atomic E-state index is 5.48. The van der Waals surface area contributed by atoms with Crippen LogP contribution >= 0.6 is 0 Å². The highest BCUT2D eigenvalue weighted by Crippen LogP contribution is 2.16. The van der Waals surface area contributed by atoms with Crippen molar-refractivity contribution in [3.05, 3.63) is 0 Å². The fourth-order valence-corrected chi connectivity index (χ4v) is 1.34. The van der Waals surface area contributed by atoms with Gasteiger partial charge in [-0.3, -0.25) is 0 Å². The number of hydrogen-bond acceptors (Lipinski definition) is 1. The van der Waals surface area contributed by atoms with Crippen LogP contribution in [0.1, 0.15) is 32.6 Å². The molecule has 0 spiro atoms. The fraction of sp³-hybridized carbons (Fsp3) is 1.00. The van der Waals surface area contributed by atoms with Crippen LogP contribution < -0.4 is 5.73 Å². The highest BCUT2D eigenvalue weighted by Gasteiger charge is 2.15. The van der Waals surface area contributed by atoms with Crippen LogP contribution in [0.2, 0.25) is 0 Å². The Morgan fingerprint density at radius 2 is 2.50 bits per heavy atom. The summed E-state index contributed by atoms with van der Waals surface area (Å²) >= 11 is 0. The van der Waals surface area contributed by atoms with E-state index in [4.69, 9.17) is 4.74 Å². The van der Waals surface area contributed by atoms with Gasteiger partial charge in [0.05, 0.1) is 12.1 Å². The first-order valence-corrected chi connectivity index (χ1v) is 4.23. The molecule has 0 aromatic heterocycles. The van der Waals surface area contributed by atoms with Gasteiger partial charge in [0.2, 0.25) is 0 Å². The molecule has 0 unspecified atom stereocenters. The molecule has 1 fully saturated rings. The number of quaternary nitrogens is 1. The molecule has 1 saturated heterocycles. The minimum absolute atomic E-state index is 0.559. The molecule has 0 bridgehead atoms. The molecule has 60 valence electrons. The summed E-state index contributed by atoms with van der Waals surface area (Å²) in [4.78, 5) is 0. The molecule has 10 heavy (non-hydrogen) atoms. The molecular formula is C8H18NO+. The number of ether oxygens (including phenoxy) is 1. The van der Waals surface area contributed by atoms with Gasteiger partial charge >= 0.3 is 0 Å². The smallest absolute Gasteiger partial charge is 0.0816 e. The highest BCUT2D eigenvalue weighted by molar-refractivity contribution is 4.65. The maximum Gasteiger partial charge on any atom is 0.0816 e. The van der Waals surface area contributed by atoms with Crippen LogP contribution in [0, 0.1) is 0 Å². The van der Waals surface area contributed by atoms with E-state index >= 15 is 0 Å². The van der Waals surface area contributed by atoms with Crippen molar-refractivity contribution in [1.82, 2.24) is 0 Å². The Morgan fingerprint density at radius 1 is 1.70 bits per heavy atom. The summed E-state index contributed by atoms with van der Waals surface area (Å²) in [6, 6.07) is 0.587. The monoisotopic (exact) mass is 144 g/mol. The Hall–Kier alpha value is -0.0800. The van der Waals surface area contributed by atoms with Crippen LogP contribution in [0.3, 0.4) is 0 Å². The lowest BCUT2D eigenvalue weighted by Gasteiger charge is -2.08. The third-order valence-corrected chi connectivity index (χ3v) is 2.01. The lowest BCUT2D eigenvalue weighted by atomic mass is 10.1. The second kappa shape index (κ2) is 3.94. The fourth-order valence-electron chi connectivity index (χ4n) is 1.34. The van der Waals surface area contributed by atoms with Crippen LogP contribution in [0.15, 0.2) is 0 Å². The van der Waals surface area contributed by atoms with Gasteiger partial charge in [-0.25, -0.2) is 0 Å². The molecule has 1 aliphatic rings. The van der Waals surface area contributed by atoms with Crippen molar-refractivity contribution < 1.29 is 10.5 Å². The topological polar surface area (TPSA) is 36.9 Å². The molecule has 1 rings (SSSR count). The zero-order valence-corrected chi connectivity index (χ0v) is 6.81. The van der Waals surface area contributed by atoms with Crippen molar-refractivity contribution in [2.45, 2.75) is 44.8 Å². The first-order valence-electron chi connectivity index (χ1n) is 4.23. The Kier molecular flexibility index (Phi) is 3.16. The molecule has 0 aromatic rings. The molecule has 0 aromatic carbocycles. The Morgan fingerprint density at radius 3 is 3.00 bits per heavy atom.